The van der Waals surface area contributed by atoms with Gasteiger partial charge in [0.15, 0.2) is 0 Å². The van der Waals surface area contributed by atoms with Crippen LogP contribution < -0.4 is 10.2 Å². The molecular weight excluding hydrogens is 276 g/mol. The molecule has 1 aromatic carbocycles. The van der Waals surface area contributed by atoms with Crippen molar-refractivity contribution in [3.63, 3.8) is 0 Å². The Balaban J connectivity index is 1.88. The number of nitrogens with one attached hydrogen (secondary N) is 1. The molecule has 20 heavy (non-hydrogen) atoms. The Labute approximate surface area is 123 Å². The van der Waals surface area contributed by atoms with E-state index in [1.165, 1.54) is 0 Å². The average molecular weight is 293 g/mol. The molecule has 2 amide bonds. The Morgan fingerprint density at radius 1 is 1.45 bits per heavy atom. The van der Waals surface area contributed by atoms with Crippen LogP contribution in [-0.2, 0) is 15.0 Å². The van der Waals surface area contributed by atoms with Gasteiger partial charge in [-0.15, -0.1) is 0 Å². The molecule has 1 heterocycles. The van der Waals surface area contributed by atoms with E-state index >= 15 is 0 Å². The van der Waals surface area contributed by atoms with Crippen LogP contribution in [0.4, 0.5) is 5.69 Å². The summed E-state index contributed by atoms with van der Waals surface area (Å²) in [5.74, 6) is -0.153. The van der Waals surface area contributed by atoms with Gasteiger partial charge in [-0.25, -0.2) is 0 Å². The topological polar surface area (TPSA) is 49.4 Å². The van der Waals surface area contributed by atoms with Crippen LogP contribution in [0.25, 0.3) is 0 Å². The SMILES string of the molecule is CC1(C)C(=O)N(CC(=O)NC2CC2)c2ccc(Cl)cc21. The molecule has 0 spiro atoms. The molecule has 5 heteroatoms. The van der Waals surface area contributed by atoms with Crippen LogP contribution in [0.2, 0.25) is 5.02 Å². The number of rotatable bonds is 3. The van der Waals surface area contributed by atoms with Gasteiger partial charge in [0.2, 0.25) is 11.8 Å². The second-order valence-corrected chi connectivity index (χ2v) is 6.46. The highest BCUT2D eigenvalue weighted by atomic mass is 35.5. The van der Waals surface area contributed by atoms with Crippen molar-refractivity contribution in [1.29, 1.82) is 0 Å². The zero-order valence-corrected chi connectivity index (χ0v) is 12.3. The molecule has 0 unspecified atom stereocenters. The summed E-state index contributed by atoms with van der Waals surface area (Å²) >= 11 is 6.02. The normalized spacial score (nSPS) is 19.9. The molecule has 1 fully saturated rings. The quantitative estimate of drug-likeness (QED) is 0.929. The fourth-order valence-corrected chi connectivity index (χ4v) is 2.78. The molecule has 1 N–H and O–H groups in total. The number of carbonyl (C=O) groups is 2. The fraction of sp³-hybridized carbons (Fsp3) is 0.467. The van der Waals surface area contributed by atoms with Gasteiger partial charge in [0.05, 0.1) is 5.41 Å². The molecule has 1 aliphatic heterocycles. The van der Waals surface area contributed by atoms with Gasteiger partial charge in [-0.3, -0.25) is 9.59 Å². The molecule has 0 saturated heterocycles. The summed E-state index contributed by atoms with van der Waals surface area (Å²) in [6.07, 6.45) is 2.08. The third-order valence-corrected chi connectivity index (χ3v) is 4.18. The molecule has 106 valence electrons. The average Bonchev–Trinajstić information content (AvgIpc) is 3.16. The Morgan fingerprint density at radius 3 is 2.80 bits per heavy atom. The first-order valence-corrected chi connectivity index (χ1v) is 7.19. The predicted octanol–water partition coefficient (Wildman–Crippen LogP) is 2.24. The number of hydrogen-bond donors (Lipinski definition) is 1. The Hall–Kier alpha value is -1.55. The van der Waals surface area contributed by atoms with Gasteiger partial charge in [0, 0.05) is 16.8 Å². The molecule has 0 radical (unpaired) electrons. The monoisotopic (exact) mass is 292 g/mol. The van der Waals surface area contributed by atoms with Crippen LogP contribution in [0.3, 0.4) is 0 Å². The van der Waals surface area contributed by atoms with Crippen LogP contribution in [0.1, 0.15) is 32.3 Å². The van der Waals surface area contributed by atoms with Crippen LogP contribution in [-0.4, -0.2) is 24.4 Å². The number of amides is 2. The standard InChI is InChI=1S/C15H17ClN2O2/c1-15(2)11-7-9(16)3-6-12(11)18(14(15)20)8-13(19)17-10-4-5-10/h3,6-7,10H,4-5,8H2,1-2H3,(H,17,19). The second kappa shape index (κ2) is 4.48. The van der Waals surface area contributed by atoms with E-state index in [2.05, 4.69) is 5.32 Å². The number of fused-ring (bicyclic) bond motifs is 1. The first kappa shape index (κ1) is 13.4. The van der Waals surface area contributed by atoms with Crippen molar-refractivity contribution in [2.45, 2.75) is 38.1 Å². The van der Waals surface area contributed by atoms with Crippen LogP contribution >= 0.6 is 11.6 Å². The number of carbonyl (C=O) groups excluding carboxylic acids is 2. The van der Waals surface area contributed by atoms with Crippen molar-refractivity contribution >= 4 is 29.1 Å². The van der Waals surface area contributed by atoms with Crippen molar-refractivity contribution < 1.29 is 9.59 Å². The molecule has 2 aliphatic rings. The Morgan fingerprint density at radius 2 is 2.15 bits per heavy atom. The number of benzene rings is 1. The van der Waals surface area contributed by atoms with Crippen LogP contribution in [0, 0.1) is 0 Å². The number of halogens is 1. The van der Waals surface area contributed by atoms with E-state index in [9.17, 15) is 9.59 Å². The summed E-state index contributed by atoms with van der Waals surface area (Å²) in [5.41, 5.74) is 1.03. The maximum absolute atomic E-state index is 12.5. The van der Waals surface area contributed by atoms with E-state index in [-0.39, 0.29) is 18.4 Å². The summed E-state index contributed by atoms with van der Waals surface area (Å²) in [4.78, 5) is 26.0. The summed E-state index contributed by atoms with van der Waals surface area (Å²) in [7, 11) is 0. The van der Waals surface area contributed by atoms with E-state index in [0.717, 1.165) is 24.1 Å². The molecular formula is C15H17ClN2O2. The fourth-order valence-electron chi connectivity index (χ4n) is 2.61. The van der Waals surface area contributed by atoms with E-state index in [1.54, 1.807) is 11.0 Å². The molecule has 0 bridgehead atoms. The lowest BCUT2D eigenvalue weighted by atomic mass is 9.86. The molecule has 1 aromatic rings. The highest BCUT2D eigenvalue weighted by Gasteiger charge is 2.44. The lowest BCUT2D eigenvalue weighted by Crippen LogP contribution is -2.43. The first-order valence-electron chi connectivity index (χ1n) is 6.81. The van der Waals surface area contributed by atoms with Gasteiger partial charge in [-0.05, 0) is 50.5 Å². The van der Waals surface area contributed by atoms with Gasteiger partial charge in [0.25, 0.3) is 0 Å². The lowest BCUT2D eigenvalue weighted by Gasteiger charge is -2.19. The van der Waals surface area contributed by atoms with Crippen molar-refractivity contribution in [3.05, 3.63) is 28.8 Å². The summed E-state index contributed by atoms with van der Waals surface area (Å²) in [6.45, 7) is 3.81. The highest BCUT2D eigenvalue weighted by Crippen LogP contribution is 2.42. The maximum Gasteiger partial charge on any atom is 0.240 e. The van der Waals surface area contributed by atoms with Crippen molar-refractivity contribution in [2.24, 2.45) is 0 Å². The van der Waals surface area contributed by atoms with Gasteiger partial charge < -0.3 is 10.2 Å². The zero-order valence-electron chi connectivity index (χ0n) is 11.6. The number of anilines is 1. The smallest absolute Gasteiger partial charge is 0.240 e. The molecule has 1 aliphatic carbocycles. The minimum atomic E-state index is -0.639. The molecule has 0 aromatic heterocycles. The second-order valence-electron chi connectivity index (χ2n) is 6.02. The largest absolute Gasteiger partial charge is 0.352 e. The molecule has 0 atom stereocenters. The Bertz CT molecular complexity index is 594. The van der Waals surface area contributed by atoms with Crippen molar-refractivity contribution in [2.75, 3.05) is 11.4 Å². The van der Waals surface area contributed by atoms with Gasteiger partial charge in [-0.1, -0.05) is 11.6 Å². The highest BCUT2D eigenvalue weighted by molar-refractivity contribution is 6.31. The lowest BCUT2D eigenvalue weighted by molar-refractivity contribution is -0.125. The van der Waals surface area contributed by atoms with E-state index < -0.39 is 5.41 Å². The maximum atomic E-state index is 12.5. The minimum absolute atomic E-state index is 0.0549. The zero-order chi connectivity index (χ0) is 14.5. The van der Waals surface area contributed by atoms with Crippen LogP contribution in [0.15, 0.2) is 18.2 Å². The van der Waals surface area contributed by atoms with E-state index in [4.69, 9.17) is 11.6 Å². The van der Waals surface area contributed by atoms with Gasteiger partial charge in [-0.2, -0.15) is 0 Å². The number of nitrogens with zero attached hydrogens (tertiary/aromatic N) is 1. The molecule has 4 nitrogen and oxygen atoms in total. The van der Waals surface area contributed by atoms with Crippen molar-refractivity contribution in [3.8, 4) is 0 Å². The first-order chi connectivity index (χ1) is 9.39. The predicted molar refractivity (Wildman–Crippen MR) is 78.0 cm³/mol. The third-order valence-electron chi connectivity index (χ3n) is 3.95. The summed E-state index contributed by atoms with van der Waals surface area (Å²) in [6, 6.07) is 5.68. The van der Waals surface area contributed by atoms with Gasteiger partial charge >= 0.3 is 0 Å². The molecule has 1 saturated carbocycles. The van der Waals surface area contributed by atoms with Crippen LogP contribution in [0.5, 0.6) is 0 Å². The molecule has 3 rings (SSSR count). The summed E-state index contributed by atoms with van der Waals surface area (Å²) < 4.78 is 0. The minimum Gasteiger partial charge on any atom is -0.352 e. The Kier molecular flexibility index (Phi) is 3.01. The summed E-state index contributed by atoms with van der Waals surface area (Å²) in [5, 5.41) is 3.52. The number of hydrogen-bond acceptors (Lipinski definition) is 2. The van der Waals surface area contributed by atoms with E-state index in [0.29, 0.717) is 11.1 Å². The van der Waals surface area contributed by atoms with Gasteiger partial charge in [0.1, 0.15) is 6.54 Å². The third kappa shape index (κ3) is 2.18. The van der Waals surface area contributed by atoms with Crippen molar-refractivity contribution in [1.82, 2.24) is 5.32 Å². The van der Waals surface area contributed by atoms with E-state index in [1.807, 2.05) is 26.0 Å².